The van der Waals surface area contributed by atoms with Gasteiger partial charge in [0.05, 0.1) is 18.1 Å². The second-order valence-corrected chi connectivity index (χ2v) is 5.97. The Hall–Kier alpha value is -2.67. The Morgan fingerprint density at radius 3 is 2.68 bits per heavy atom. The van der Waals surface area contributed by atoms with E-state index in [0.717, 1.165) is 30.4 Å². The molecule has 0 atom stereocenters. The highest BCUT2D eigenvalue weighted by Gasteiger charge is 2.20. The molecule has 1 heterocycles. The number of anilines is 2. The number of rotatable bonds is 5. The van der Waals surface area contributed by atoms with Crippen LogP contribution in [0.2, 0.25) is 0 Å². The van der Waals surface area contributed by atoms with Gasteiger partial charge in [-0.15, -0.1) is 0 Å². The van der Waals surface area contributed by atoms with Crippen molar-refractivity contribution in [1.29, 1.82) is 0 Å². The fourth-order valence-electron chi connectivity index (χ4n) is 3.05. The van der Waals surface area contributed by atoms with Gasteiger partial charge in [0, 0.05) is 44.5 Å². The molecule has 1 fully saturated rings. The Kier molecular flexibility index (Phi) is 5.14. The number of hydrogen-bond donors (Lipinski definition) is 0. The molecule has 0 amide bonds. The summed E-state index contributed by atoms with van der Waals surface area (Å²) < 4.78 is 19.0. The number of nitro groups is 1. The molecule has 7 heteroatoms. The largest absolute Gasteiger partial charge is 0.378 e. The van der Waals surface area contributed by atoms with Crippen molar-refractivity contribution in [2.45, 2.75) is 6.54 Å². The molecule has 6 nitrogen and oxygen atoms in total. The van der Waals surface area contributed by atoms with Crippen LogP contribution >= 0.6 is 0 Å². The summed E-state index contributed by atoms with van der Waals surface area (Å²) in [6.07, 6.45) is 0. The second-order valence-electron chi connectivity index (χ2n) is 5.97. The molecule has 0 saturated carbocycles. The summed E-state index contributed by atoms with van der Waals surface area (Å²) in [5.41, 5.74) is 2.27. The van der Waals surface area contributed by atoms with E-state index in [4.69, 9.17) is 4.74 Å². The Balaban J connectivity index is 1.88. The van der Waals surface area contributed by atoms with E-state index in [9.17, 15) is 14.5 Å². The van der Waals surface area contributed by atoms with Gasteiger partial charge in [0.2, 0.25) is 0 Å². The van der Waals surface area contributed by atoms with Crippen molar-refractivity contribution in [3.8, 4) is 0 Å². The third-order valence-electron chi connectivity index (χ3n) is 4.30. The van der Waals surface area contributed by atoms with Crippen LogP contribution in [0.3, 0.4) is 0 Å². The molecule has 0 aliphatic carbocycles. The second kappa shape index (κ2) is 7.48. The molecule has 1 aliphatic rings. The van der Waals surface area contributed by atoms with E-state index in [-0.39, 0.29) is 11.4 Å². The first-order chi connectivity index (χ1) is 12.1. The zero-order chi connectivity index (χ0) is 17.8. The first-order valence-electron chi connectivity index (χ1n) is 8.12. The normalized spacial score (nSPS) is 14.4. The lowest BCUT2D eigenvalue weighted by Crippen LogP contribution is -2.37. The topological polar surface area (TPSA) is 58.8 Å². The lowest BCUT2D eigenvalue weighted by Gasteiger charge is -2.31. The zero-order valence-electron chi connectivity index (χ0n) is 14.0. The van der Waals surface area contributed by atoms with Crippen molar-refractivity contribution in [2.75, 3.05) is 43.2 Å². The first kappa shape index (κ1) is 17.2. The van der Waals surface area contributed by atoms with Crippen LogP contribution in [0.4, 0.5) is 21.5 Å². The first-order valence-corrected chi connectivity index (χ1v) is 8.12. The van der Waals surface area contributed by atoms with Crippen molar-refractivity contribution in [2.24, 2.45) is 0 Å². The van der Waals surface area contributed by atoms with E-state index < -0.39 is 10.7 Å². The van der Waals surface area contributed by atoms with Crippen LogP contribution in [-0.4, -0.2) is 38.3 Å². The quantitative estimate of drug-likeness (QED) is 0.615. The molecule has 0 N–H and O–H groups in total. The molecule has 0 radical (unpaired) electrons. The van der Waals surface area contributed by atoms with E-state index in [1.54, 1.807) is 11.9 Å². The summed E-state index contributed by atoms with van der Waals surface area (Å²) in [6.45, 7) is 3.42. The molecule has 0 unspecified atom stereocenters. The molecule has 132 valence electrons. The standard InChI is InChI=1S/C18H20FN3O3/c1-20(18-12-15(19)6-7-17(18)22(23)24)13-14-4-2-3-5-16(14)21-8-10-25-11-9-21/h2-7,12H,8-11,13H2,1H3. The molecule has 25 heavy (non-hydrogen) atoms. The van der Waals surface area contributed by atoms with Gasteiger partial charge < -0.3 is 14.5 Å². The Morgan fingerprint density at radius 1 is 1.24 bits per heavy atom. The maximum Gasteiger partial charge on any atom is 0.292 e. The molecule has 2 aromatic rings. The summed E-state index contributed by atoms with van der Waals surface area (Å²) in [5, 5.41) is 11.2. The molecular weight excluding hydrogens is 325 g/mol. The van der Waals surface area contributed by atoms with Gasteiger partial charge in [0.25, 0.3) is 5.69 Å². The van der Waals surface area contributed by atoms with Crippen LogP contribution in [-0.2, 0) is 11.3 Å². The zero-order valence-corrected chi connectivity index (χ0v) is 14.0. The Labute approximate surface area is 145 Å². The molecule has 1 saturated heterocycles. The fourth-order valence-corrected chi connectivity index (χ4v) is 3.05. The monoisotopic (exact) mass is 345 g/mol. The predicted octanol–water partition coefficient (Wildman–Crippen LogP) is 3.21. The number of nitro benzene ring substituents is 1. The van der Waals surface area contributed by atoms with Crippen LogP contribution in [0.15, 0.2) is 42.5 Å². The van der Waals surface area contributed by atoms with Crippen molar-refractivity contribution in [3.63, 3.8) is 0 Å². The predicted molar refractivity (Wildman–Crippen MR) is 94.6 cm³/mol. The molecular formula is C18H20FN3O3. The summed E-state index contributed by atoms with van der Waals surface area (Å²) >= 11 is 0. The van der Waals surface area contributed by atoms with E-state index in [0.29, 0.717) is 19.8 Å². The van der Waals surface area contributed by atoms with Gasteiger partial charge in [-0.3, -0.25) is 10.1 Å². The average Bonchev–Trinajstić information content (AvgIpc) is 2.62. The average molecular weight is 345 g/mol. The van der Waals surface area contributed by atoms with Crippen LogP contribution in [0.5, 0.6) is 0 Å². The van der Waals surface area contributed by atoms with E-state index in [1.165, 1.54) is 12.1 Å². The number of nitrogens with zero attached hydrogens (tertiary/aromatic N) is 3. The Morgan fingerprint density at radius 2 is 1.96 bits per heavy atom. The molecule has 1 aliphatic heterocycles. The van der Waals surface area contributed by atoms with Crippen molar-refractivity contribution >= 4 is 17.1 Å². The van der Waals surface area contributed by atoms with Gasteiger partial charge >= 0.3 is 0 Å². The minimum absolute atomic E-state index is 0.104. The number of hydrogen-bond acceptors (Lipinski definition) is 5. The van der Waals surface area contributed by atoms with E-state index in [2.05, 4.69) is 4.90 Å². The van der Waals surface area contributed by atoms with Crippen molar-refractivity contribution in [3.05, 3.63) is 64.0 Å². The smallest absolute Gasteiger partial charge is 0.292 e. The van der Waals surface area contributed by atoms with Crippen LogP contribution < -0.4 is 9.80 Å². The molecule has 0 aromatic heterocycles. The highest BCUT2D eigenvalue weighted by atomic mass is 19.1. The van der Waals surface area contributed by atoms with Crippen molar-refractivity contribution < 1.29 is 14.1 Å². The summed E-state index contributed by atoms with van der Waals surface area (Å²) in [6, 6.07) is 11.5. The highest BCUT2D eigenvalue weighted by molar-refractivity contribution is 5.64. The lowest BCUT2D eigenvalue weighted by atomic mass is 10.1. The number of morpholine rings is 1. The highest BCUT2D eigenvalue weighted by Crippen LogP contribution is 2.31. The van der Waals surface area contributed by atoms with Gasteiger partial charge in [0.15, 0.2) is 0 Å². The van der Waals surface area contributed by atoms with Crippen LogP contribution in [0.25, 0.3) is 0 Å². The van der Waals surface area contributed by atoms with Gasteiger partial charge in [-0.2, -0.15) is 0 Å². The molecule has 2 aromatic carbocycles. The number of ether oxygens (including phenoxy) is 1. The fraction of sp³-hybridized carbons (Fsp3) is 0.333. The van der Waals surface area contributed by atoms with Crippen LogP contribution in [0.1, 0.15) is 5.56 Å². The maximum atomic E-state index is 13.6. The summed E-state index contributed by atoms with van der Waals surface area (Å²) in [4.78, 5) is 14.7. The van der Waals surface area contributed by atoms with Crippen molar-refractivity contribution in [1.82, 2.24) is 0 Å². The lowest BCUT2D eigenvalue weighted by molar-refractivity contribution is -0.384. The molecule has 0 spiro atoms. The summed E-state index contributed by atoms with van der Waals surface area (Å²) in [7, 11) is 1.73. The Bertz CT molecular complexity index is 763. The van der Waals surface area contributed by atoms with Crippen LogP contribution in [0, 0.1) is 15.9 Å². The number of halogens is 1. The third kappa shape index (κ3) is 3.88. The van der Waals surface area contributed by atoms with E-state index >= 15 is 0 Å². The van der Waals surface area contributed by atoms with Gasteiger partial charge in [-0.05, 0) is 17.7 Å². The number of benzene rings is 2. The number of para-hydroxylation sites is 1. The third-order valence-corrected chi connectivity index (χ3v) is 4.30. The molecule has 3 rings (SSSR count). The van der Waals surface area contributed by atoms with Gasteiger partial charge in [-0.1, -0.05) is 18.2 Å². The minimum atomic E-state index is -0.492. The maximum absolute atomic E-state index is 13.6. The van der Waals surface area contributed by atoms with Gasteiger partial charge in [-0.25, -0.2) is 4.39 Å². The summed E-state index contributed by atoms with van der Waals surface area (Å²) in [5.74, 6) is -0.492. The minimum Gasteiger partial charge on any atom is -0.378 e. The molecule has 0 bridgehead atoms. The van der Waals surface area contributed by atoms with E-state index in [1.807, 2.05) is 24.3 Å². The SMILES string of the molecule is CN(Cc1ccccc1N1CCOCC1)c1cc(F)ccc1[N+](=O)[O-]. The van der Waals surface area contributed by atoms with Gasteiger partial charge in [0.1, 0.15) is 11.5 Å².